The van der Waals surface area contributed by atoms with Crippen molar-refractivity contribution in [3.8, 4) is 0 Å². The van der Waals surface area contributed by atoms with Crippen LogP contribution in [0.2, 0.25) is 0 Å². The van der Waals surface area contributed by atoms with Crippen LogP contribution >= 0.6 is 0 Å². The minimum absolute atomic E-state index is 0.0133. The number of imidazole rings is 1. The van der Waals surface area contributed by atoms with Crippen molar-refractivity contribution in [1.29, 1.82) is 0 Å². The highest BCUT2D eigenvalue weighted by Crippen LogP contribution is 2.17. The van der Waals surface area contributed by atoms with Gasteiger partial charge in [-0.05, 0) is 39.3 Å². The van der Waals surface area contributed by atoms with Crippen molar-refractivity contribution in [1.82, 2.24) is 20.2 Å². The van der Waals surface area contributed by atoms with Crippen LogP contribution in [0.25, 0.3) is 11.0 Å². The Morgan fingerprint density at radius 2 is 1.88 bits per heavy atom. The van der Waals surface area contributed by atoms with Crippen LogP contribution in [0.1, 0.15) is 46.9 Å². The molecule has 1 aromatic carbocycles. The molecule has 1 heterocycles. The maximum absolute atomic E-state index is 12.4. The minimum atomic E-state index is -0.269. The van der Waals surface area contributed by atoms with Crippen molar-refractivity contribution in [3.05, 3.63) is 30.1 Å². The molecule has 0 atom stereocenters. The van der Waals surface area contributed by atoms with E-state index in [0.717, 1.165) is 23.3 Å². The predicted octanol–water partition coefficient (Wildman–Crippen LogP) is 2.66. The Bertz CT molecular complexity index is 772. The number of fused-ring (bicyclic) bond motifs is 1. The largest absolute Gasteiger partial charge is 0.356 e. The van der Waals surface area contributed by atoms with Crippen LogP contribution in [-0.4, -0.2) is 33.4 Å². The number of nitrogens with zero attached hydrogens (tertiary/aromatic N) is 2. The molecular formula is C20H30N4O2. The Kier molecular flexibility index (Phi) is 6.40. The number of aromatic nitrogens is 2. The molecule has 0 aliphatic rings. The summed E-state index contributed by atoms with van der Waals surface area (Å²) >= 11 is 0. The zero-order chi connectivity index (χ0) is 19.3. The molecule has 2 N–H and O–H groups in total. The van der Waals surface area contributed by atoms with Gasteiger partial charge in [0.2, 0.25) is 11.8 Å². The monoisotopic (exact) mass is 358 g/mol. The molecule has 0 saturated heterocycles. The van der Waals surface area contributed by atoms with Gasteiger partial charge in [-0.3, -0.25) is 9.59 Å². The maximum atomic E-state index is 12.4. The first-order valence-electron chi connectivity index (χ1n) is 9.20. The van der Waals surface area contributed by atoms with Gasteiger partial charge in [0.15, 0.2) is 0 Å². The second kappa shape index (κ2) is 8.34. The molecule has 0 fully saturated rings. The quantitative estimate of drug-likeness (QED) is 0.747. The first-order valence-corrected chi connectivity index (χ1v) is 9.20. The van der Waals surface area contributed by atoms with E-state index in [2.05, 4.69) is 15.6 Å². The summed E-state index contributed by atoms with van der Waals surface area (Å²) in [5.41, 5.74) is 1.57. The fourth-order valence-electron chi connectivity index (χ4n) is 2.76. The normalized spacial score (nSPS) is 11.8. The van der Waals surface area contributed by atoms with Gasteiger partial charge >= 0.3 is 0 Å². The molecule has 26 heavy (non-hydrogen) atoms. The Labute approximate surface area is 155 Å². The first kappa shape index (κ1) is 19.9. The average molecular weight is 358 g/mol. The number of rotatable bonds is 7. The second-order valence-corrected chi connectivity index (χ2v) is 7.95. The van der Waals surface area contributed by atoms with Gasteiger partial charge in [-0.25, -0.2) is 4.98 Å². The first-order chi connectivity index (χ1) is 12.2. The van der Waals surface area contributed by atoms with Crippen molar-refractivity contribution in [2.75, 3.05) is 6.54 Å². The molecule has 6 nitrogen and oxygen atoms in total. The lowest BCUT2D eigenvalue weighted by molar-refractivity contribution is -0.124. The molecule has 2 amide bonds. The van der Waals surface area contributed by atoms with Crippen molar-refractivity contribution in [2.45, 2.75) is 59.5 Å². The third-order valence-corrected chi connectivity index (χ3v) is 3.95. The number of benzene rings is 1. The number of para-hydroxylation sites is 2. The molecule has 0 aliphatic heterocycles. The van der Waals surface area contributed by atoms with Crippen LogP contribution in [0.4, 0.5) is 0 Å². The third kappa shape index (κ3) is 5.58. The third-order valence-electron chi connectivity index (χ3n) is 3.95. The van der Waals surface area contributed by atoms with Crippen molar-refractivity contribution in [3.63, 3.8) is 0 Å². The average Bonchev–Trinajstić information content (AvgIpc) is 2.87. The highest BCUT2D eigenvalue weighted by molar-refractivity contribution is 5.81. The van der Waals surface area contributed by atoms with E-state index in [1.54, 1.807) is 0 Å². The van der Waals surface area contributed by atoms with Crippen molar-refractivity contribution < 1.29 is 9.59 Å². The lowest BCUT2D eigenvalue weighted by atomic mass is 10.1. The fourth-order valence-corrected chi connectivity index (χ4v) is 2.76. The smallest absolute Gasteiger partial charge is 0.240 e. The number of carbonyl (C=O) groups excluding carboxylic acids is 2. The van der Waals surface area contributed by atoms with Gasteiger partial charge < -0.3 is 15.2 Å². The summed E-state index contributed by atoms with van der Waals surface area (Å²) in [6.07, 6.45) is 1.48. The summed E-state index contributed by atoms with van der Waals surface area (Å²) in [5, 5.41) is 5.92. The molecule has 2 rings (SSSR count). The van der Waals surface area contributed by atoms with Crippen molar-refractivity contribution in [2.24, 2.45) is 5.92 Å². The lowest BCUT2D eigenvalue weighted by Crippen LogP contribution is -2.42. The number of hydrogen-bond donors (Lipinski definition) is 2. The van der Waals surface area contributed by atoms with Crippen LogP contribution in [0, 0.1) is 5.92 Å². The standard InChI is InChI=1S/C20H30N4O2/c1-14(2)19(26)21-12-8-11-17-22-15-9-6-7-10-16(15)24(17)13-18(25)23-20(3,4)5/h6-7,9-10,14H,8,11-13H2,1-5H3,(H,21,26)(H,23,25). The summed E-state index contributed by atoms with van der Waals surface area (Å²) in [6.45, 7) is 10.5. The molecule has 0 bridgehead atoms. The summed E-state index contributed by atoms with van der Waals surface area (Å²) in [5.74, 6) is 0.882. The summed E-state index contributed by atoms with van der Waals surface area (Å²) in [4.78, 5) is 28.7. The van der Waals surface area contributed by atoms with Gasteiger partial charge in [0.25, 0.3) is 0 Å². The number of carbonyl (C=O) groups is 2. The predicted molar refractivity (Wildman–Crippen MR) is 104 cm³/mol. The summed E-state index contributed by atoms with van der Waals surface area (Å²) in [7, 11) is 0. The molecule has 0 radical (unpaired) electrons. The zero-order valence-electron chi connectivity index (χ0n) is 16.4. The Morgan fingerprint density at radius 3 is 2.54 bits per heavy atom. The molecule has 0 aliphatic carbocycles. The number of nitrogens with one attached hydrogen (secondary N) is 2. The summed E-state index contributed by atoms with van der Waals surface area (Å²) in [6, 6.07) is 7.84. The Balaban J connectivity index is 2.10. The molecule has 2 aromatic rings. The minimum Gasteiger partial charge on any atom is -0.356 e. The Hall–Kier alpha value is -2.37. The number of amides is 2. The van der Waals surface area contributed by atoms with E-state index in [1.807, 2.05) is 63.5 Å². The lowest BCUT2D eigenvalue weighted by Gasteiger charge is -2.21. The second-order valence-electron chi connectivity index (χ2n) is 7.95. The molecular weight excluding hydrogens is 328 g/mol. The van der Waals surface area contributed by atoms with Crippen LogP contribution in [0.15, 0.2) is 24.3 Å². The van der Waals surface area contributed by atoms with E-state index in [0.29, 0.717) is 13.0 Å². The highest BCUT2D eigenvalue weighted by Gasteiger charge is 2.17. The topological polar surface area (TPSA) is 76.0 Å². The van der Waals surface area contributed by atoms with E-state index in [9.17, 15) is 9.59 Å². The van der Waals surface area contributed by atoms with Crippen LogP contribution in [0.3, 0.4) is 0 Å². The fraction of sp³-hybridized carbons (Fsp3) is 0.550. The molecule has 1 aromatic heterocycles. The van der Waals surface area contributed by atoms with Crippen LogP contribution in [-0.2, 0) is 22.6 Å². The molecule has 0 spiro atoms. The van der Waals surface area contributed by atoms with Gasteiger partial charge in [0.05, 0.1) is 11.0 Å². The zero-order valence-corrected chi connectivity index (χ0v) is 16.4. The van der Waals surface area contributed by atoms with Gasteiger partial charge in [-0.15, -0.1) is 0 Å². The van der Waals surface area contributed by atoms with Gasteiger partial charge in [-0.1, -0.05) is 26.0 Å². The summed E-state index contributed by atoms with van der Waals surface area (Å²) < 4.78 is 1.97. The van der Waals surface area contributed by atoms with E-state index in [-0.39, 0.29) is 29.8 Å². The van der Waals surface area contributed by atoms with Crippen LogP contribution < -0.4 is 10.6 Å². The SMILES string of the molecule is CC(C)C(=O)NCCCc1nc2ccccc2n1CC(=O)NC(C)(C)C. The van der Waals surface area contributed by atoms with E-state index in [4.69, 9.17) is 0 Å². The number of aryl methyl sites for hydroxylation is 1. The van der Waals surface area contributed by atoms with Gasteiger partial charge in [0, 0.05) is 24.4 Å². The molecule has 6 heteroatoms. The maximum Gasteiger partial charge on any atom is 0.240 e. The van der Waals surface area contributed by atoms with Gasteiger partial charge in [0.1, 0.15) is 12.4 Å². The molecule has 0 unspecified atom stereocenters. The molecule has 142 valence electrons. The highest BCUT2D eigenvalue weighted by atomic mass is 16.2. The Morgan fingerprint density at radius 1 is 1.19 bits per heavy atom. The number of hydrogen-bond acceptors (Lipinski definition) is 3. The van der Waals surface area contributed by atoms with E-state index < -0.39 is 0 Å². The van der Waals surface area contributed by atoms with E-state index >= 15 is 0 Å². The van der Waals surface area contributed by atoms with Gasteiger partial charge in [-0.2, -0.15) is 0 Å². The van der Waals surface area contributed by atoms with Crippen LogP contribution in [0.5, 0.6) is 0 Å². The molecule has 0 saturated carbocycles. The van der Waals surface area contributed by atoms with Crippen molar-refractivity contribution >= 4 is 22.8 Å². The van der Waals surface area contributed by atoms with E-state index in [1.165, 1.54) is 0 Å².